The zero-order valence-corrected chi connectivity index (χ0v) is 12.1. The van der Waals surface area contributed by atoms with Crippen molar-refractivity contribution in [2.75, 3.05) is 13.2 Å². The van der Waals surface area contributed by atoms with Crippen LogP contribution in [-0.4, -0.2) is 24.2 Å². The summed E-state index contributed by atoms with van der Waals surface area (Å²) in [6.45, 7) is 10.2. The van der Waals surface area contributed by atoms with Crippen molar-refractivity contribution in [2.24, 2.45) is 0 Å². The molecule has 0 radical (unpaired) electrons. The van der Waals surface area contributed by atoms with Gasteiger partial charge in [-0.15, -0.1) is 0 Å². The summed E-state index contributed by atoms with van der Waals surface area (Å²) in [6.07, 6.45) is 4.30. The number of rotatable bonds is 8. The van der Waals surface area contributed by atoms with Gasteiger partial charge in [0.2, 0.25) is 0 Å². The molecule has 0 saturated carbocycles. The molecular formula is C15H26N2O. The molecule has 1 heterocycles. The molecule has 0 fully saturated rings. The Morgan fingerprint density at radius 1 is 1.28 bits per heavy atom. The molecule has 1 aromatic rings. The summed E-state index contributed by atoms with van der Waals surface area (Å²) < 4.78 is 5.84. The van der Waals surface area contributed by atoms with Gasteiger partial charge in [-0.05, 0) is 44.9 Å². The van der Waals surface area contributed by atoms with E-state index >= 15 is 0 Å². The molecule has 2 unspecified atom stereocenters. The maximum absolute atomic E-state index is 5.84. The lowest BCUT2D eigenvalue weighted by Gasteiger charge is -2.27. The van der Waals surface area contributed by atoms with Crippen LogP contribution in [0.3, 0.4) is 0 Å². The Labute approximate surface area is 111 Å². The predicted molar refractivity (Wildman–Crippen MR) is 75.7 cm³/mol. The van der Waals surface area contributed by atoms with Gasteiger partial charge in [0.1, 0.15) is 0 Å². The van der Waals surface area contributed by atoms with Gasteiger partial charge < -0.3 is 10.1 Å². The van der Waals surface area contributed by atoms with Crippen LogP contribution in [0.25, 0.3) is 0 Å². The third kappa shape index (κ3) is 4.39. The maximum atomic E-state index is 5.84. The second-order valence-corrected chi connectivity index (χ2v) is 4.57. The Balaban J connectivity index is 2.84. The molecule has 0 aliphatic carbocycles. The number of pyridine rings is 1. The predicted octanol–water partition coefficient (Wildman–Crippen LogP) is 3.25. The van der Waals surface area contributed by atoms with E-state index in [1.807, 2.05) is 20.0 Å². The highest BCUT2D eigenvalue weighted by Gasteiger charge is 2.21. The lowest BCUT2D eigenvalue weighted by molar-refractivity contribution is 0.0313. The van der Waals surface area contributed by atoms with E-state index < -0.39 is 0 Å². The second kappa shape index (κ2) is 8.22. The Bertz CT molecular complexity index is 324. The van der Waals surface area contributed by atoms with Crippen molar-refractivity contribution in [3.05, 3.63) is 29.6 Å². The highest BCUT2D eigenvalue weighted by atomic mass is 16.5. The largest absolute Gasteiger partial charge is 0.377 e. The molecule has 0 amide bonds. The fourth-order valence-corrected chi connectivity index (χ4v) is 2.09. The summed E-state index contributed by atoms with van der Waals surface area (Å²) in [6, 6.07) is 4.45. The maximum Gasteiger partial charge on any atom is 0.0767 e. The van der Waals surface area contributed by atoms with Crippen LogP contribution in [0.15, 0.2) is 18.3 Å². The van der Waals surface area contributed by atoms with Gasteiger partial charge in [0.15, 0.2) is 0 Å². The Morgan fingerprint density at radius 2 is 2.06 bits per heavy atom. The molecule has 1 rings (SSSR count). The van der Waals surface area contributed by atoms with Gasteiger partial charge in [-0.25, -0.2) is 0 Å². The number of aryl methyl sites for hydroxylation is 1. The first-order valence-corrected chi connectivity index (χ1v) is 7.00. The Morgan fingerprint density at radius 3 is 2.56 bits per heavy atom. The summed E-state index contributed by atoms with van der Waals surface area (Å²) in [7, 11) is 0. The molecule has 102 valence electrons. The topological polar surface area (TPSA) is 34.2 Å². The molecule has 2 atom stereocenters. The van der Waals surface area contributed by atoms with E-state index in [1.54, 1.807) is 0 Å². The zero-order valence-electron chi connectivity index (χ0n) is 12.1. The van der Waals surface area contributed by atoms with Crippen molar-refractivity contribution < 1.29 is 4.74 Å². The van der Waals surface area contributed by atoms with Gasteiger partial charge >= 0.3 is 0 Å². The summed E-state index contributed by atoms with van der Waals surface area (Å²) in [5.74, 6) is 0. The molecule has 3 nitrogen and oxygen atoms in total. The molecule has 3 heteroatoms. The van der Waals surface area contributed by atoms with Gasteiger partial charge in [-0.1, -0.05) is 19.9 Å². The molecule has 18 heavy (non-hydrogen) atoms. The van der Waals surface area contributed by atoms with Gasteiger partial charge in [-0.3, -0.25) is 4.98 Å². The average Bonchev–Trinajstić information content (AvgIpc) is 2.39. The molecule has 1 aromatic heterocycles. The normalized spacial score (nSPS) is 14.4. The van der Waals surface area contributed by atoms with E-state index in [4.69, 9.17) is 4.74 Å². The van der Waals surface area contributed by atoms with Crippen molar-refractivity contribution in [3.63, 3.8) is 0 Å². The Hall–Kier alpha value is -0.930. The van der Waals surface area contributed by atoms with Crippen LogP contribution in [0.1, 0.15) is 50.9 Å². The van der Waals surface area contributed by atoms with Gasteiger partial charge in [0.25, 0.3) is 0 Å². The standard InChI is InChI=1S/C15H26N2O/c1-5-10-16-15(14(6-2)18-7-3)13-9-8-12(4)17-11-13/h8-9,11,14-16H,5-7,10H2,1-4H3. The van der Waals surface area contributed by atoms with E-state index in [2.05, 4.69) is 36.3 Å². The first-order chi connectivity index (χ1) is 8.72. The summed E-state index contributed by atoms with van der Waals surface area (Å²) in [5.41, 5.74) is 2.27. The lowest BCUT2D eigenvalue weighted by atomic mass is 10.0. The number of hydrogen-bond acceptors (Lipinski definition) is 3. The van der Waals surface area contributed by atoms with Crippen LogP contribution < -0.4 is 5.32 Å². The van der Waals surface area contributed by atoms with Crippen molar-refractivity contribution in [3.8, 4) is 0 Å². The van der Waals surface area contributed by atoms with E-state index in [9.17, 15) is 0 Å². The fraction of sp³-hybridized carbons (Fsp3) is 0.667. The van der Waals surface area contributed by atoms with Crippen LogP contribution >= 0.6 is 0 Å². The first-order valence-electron chi connectivity index (χ1n) is 7.00. The van der Waals surface area contributed by atoms with Gasteiger partial charge in [0.05, 0.1) is 12.1 Å². The Kier molecular flexibility index (Phi) is 6.91. The fourth-order valence-electron chi connectivity index (χ4n) is 2.09. The van der Waals surface area contributed by atoms with Crippen molar-refractivity contribution >= 4 is 0 Å². The molecule has 1 N–H and O–H groups in total. The molecule has 0 aliphatic heterocycles. The molecule has 0 spiro atoms. The van der Waals surface area contributed by atoms with E-state index in [1.165, 1.54) is 5.56 Å². The zero-order chi connectivity index (χ0) is 13.4. The van der Waals surface area contributed by atoms with Crippen LogP contribution in [-0.2, 0) is 4.74 Å². The van der Waals surface area contributed by atoms with Gasteiger partial charge in [0, 0.05) is 18.5 Å². The average molecular weight is 250 g/mol. The van der Waals surface area contributed by atoms with E-state index in [0.29, 0.717) is 0 Å². The minimum Gasteiger partial charge on any atom is -0.377 e. The van der Waals surface area contributed by atoms with Crippen molar-refractivity contribution in [1.82, 2.24) is 10.3 Å². The van der Waals surface area contributed by atoms with Crippen LogP contribution in [0.5, 0.6) is 0 Å². The molecule has 0 aromatic carbocycles. The van der Waals surface area contributed by atoms with Crippen LogP contribution in [0, 0.1) is 6.92 Å². The smallest absolute Gasteiger partial charge is 0.0767 e. The van der Waals surface area contributed by atoms with Crippen LogP contribution in [0.2, 0.25) is 0 Å². The second-order valence-electron chi connectivity index (χ2n) is 4.57. The number of nitrogens with zero attached hydrogens (tertiary/aromatic N) is 1. The summed E-state index contributed by atoms with van der Waals surface area (Å²) >= 11 is 0. The minimum absolute atomic E-state index is 0.214. The van der Waals surface area contributed by atoms with E-state index in [0.717, 1.165) is 31.7 Å². The molecular weight excluding hydrogens is 224 g/mol. The summed E-state index contributed by atoms with van der Waals surface area (Å²) in [5, 5.41) is 3.58. The quantitative estimate of drug-likeness (QED) is 0.769. The third-order valence-corrected chi connectivity index (χ3v) is 3.06. The third-order valence-electron chi connectivity index (χ3n) is 3.06. The SMILES string of the molecule is CCCNC(c1ccc(C)nc1)C(CC)OCC. The lowest BCUT2D eigenvalue weighted by Crippen LogP contribution is -2.34. The van der Waals surface area contributed by atoms with Crippen molar-refractivity contribution in [2.45, 2.75) is 52.7 Å². The molecule has 0 aliphatic rings. The highest BCUT2D eigenvalue weighted by molar-refractivity contribution is 5.18. The summed E-state index contributed by atoms with van der Waals surface area (Å²) in [4.78, 5) is 4.39. The number of hydrogen-bond donors (Lipinski definition) is 1. The minimum atomic E-state index is 0.214. The first kappa shape index (κ1) is 15.1. The monoisotopic (exact) mass is 250 g/mol. The molecule has 0 bridgehead atoms. The number of ether oxygens (including phenoxy) is 1. The molecule has 0 saturated heterocycles. The van der Waals surface area contributed by atoms with Crippen molar-refractivity contribution in [1.29, 1.82) is 0 Å². The van der Waals surface area contributed by atoms with E-state index in [-0.39, 0.29) is 12.1 Å². The highest BCUT2D eigenvalue weighted by Crippen LogP contribution is 2.21. The number of aromatic nitrogens is 1. The number of nitrogens with one attached hydrogen (secondary N) is 1. The van der Waals surface area contributed by atoms with Crippen LogP contribution in [0.4, 0.5) is 0 Å². The van der Waals surface area contributed by atoms with Gasteiger partial charge in [-0.2, -0.15) is 0 Å².